The van der Waals surface area contributed by atoms with E-state index >= 15 is 0 Å². The molecule has 188 valence electrons. The fourth-order valence-electron chi connectivity index (χ4n) is 2.58. The zero-order chi connectivity index (χ0) is 26.4. The minimum atomic E-state index is -1.06. The molecule has 0 aliphatic heterocycles. The maximum atomic E-state index is 11.7. The van der Waals surface area contributed by atoms with E-state index in [2.05, 4.69) is 15.5 Å². The number of carboxylic acids is 1. The van der Waals surface area contributed by atoms with E-state index in [-0.39, 0.29) is 12.2 Å². The number of nitrogens with one attached hydrogen (secondary N) is 2. The summed E-state index contributed by atoms with van der Waals surface area (Å²) >= 11 is 0. The molecule has 3 aromatic carbocycles. The number of aromatic carboxylic acids is 1. The number of para-hydroxylation sites is 2. The van der Waals surface area contributed by atoms with Crippen molar-refractivity contribution in [1.82, 2.24) is 0 Å². The van der Waals surface area contributed by atoms with Crippen LogP contribution in [-0.4, -0.2) is 16.3 Å². The highest BCUT2D eigenvalue weighted by atomic mass is 17.1. The number of hydrogen-bond acceptors (Lipinski definition) is 5. The van der Waals surface area contributed by atoms with Crippen molar-refractivity contribution in [3.8, 4) is 0 Å². The number of carbonyl (C=O) groups is 1. The smallest absolute Gasteiger partial charge is 0.337 e. The number of rotatable bonds is 7. The van der Waals surface area contributed by atoms with E-state index in [9.17, 15) is 9.90 Å². The van der Waals surface area contributed by atoms with Crippen molar-refractivity contribution in [2.45, 2.75) is 62.0 Å². The number of carboxylic acid groups (broad SMARTS) is 1. The molecule has 0 aliphatic carbocycles. The molecule has 0 bridgehead atoms. The molecule has 0 radical (unpaired) electrons. The summed E-state index contributed by atoms with van der Waals surface area (Å²) in [4.78, 5) is 16.0. The number of hydrogen-bond donors (Lipinski definition) is 4. The summed E-state index contributed by atoms with van der Waals surface area (Å²) in [6.45, 7) is 15.9. The van der Waals surface area contributed by atoms with Crippen molar-refractivity contribution in [1.29, 1.82) is 0 Å². The zero-order valence-electron chi connectivity index (χ0n) is 21.8. The second kappa shape index (κ2) is 21.5. The lowest BCUT2D eigenvalue weighted by atomic mass is 10.1. The number of benzene rings is 3. The number of anilines is 4. The lowest BCUT2D eigenvalue weighted by Gasteiger charge is -2.17. The molecule has 6 heteroatoms. The van der Waals surface area contributed by atoms with Crippen LogP contribution in [0.15, 0.2) is 72.8 Å². The van der Waals surface area contributed by atoms with Gasteiger partial charge in [-0.15, -0.1) is 0 Å². The Balaban J connectivity index is 0. The lowest BCUT2D eigenvalue weighted by Crippen LogP contribution is -2.07. The van der Waals surface area contributed by atoms with Crippen LogP contribution < -0.4 is 10.6 Å². The van der Waals surface area contributed by atoms with Crippen molar-refractivity contribution in [3.05, 3.63) is 83.9 Å². The Morgan fingerprint density at radius 2 is 1.12 bits per heavy atom. The summed E-state index contributed by atoms with van der Waals surface area (Å²) in [6, 6.07) is 21.8. The van der Waals surface area contributed by atoms with E-state index in [1.165, 1.54) is 6.07 Å². The summed E-state index contributed by atoms with van der Waals surface area (Å²) in [5.41, 5.74) is 3.23. The van der Waals surface area contributed by atoms with Gasteiger partial charge in [-0.05, 0) is 36.4 Å². The molecule has 3 rings (SSSR count). The van der Waals surface area contributed by atoms with Gasteiger partial charge in [-0.1, -0.05) is 91.8 Å². The van der Waals surface area contributed by atoms with Gasteiger partial charge in [0, 0.05) is 22.6 Å². The highest BCUT2D eigenvalue weighted by Gasteiger charge is 2.16. The molecule has 0 amide bonds. The van der Waals surface area contributed by atoms with Crippen LogP contribution in [0.3, 0.4) is 0 Å². The molecule has 0 aliphatic rings. The molecule has 0 spiro atoms. The van der Waals surface area contributed by atoms with E-state index in [0.717, 1.165) is 11.4 Å². The fourth-order valence-corrected chi connectivity index (χ4v) is 2.58. The molecule has 0 atom stereocenters. The summed E-state index contributed by atoms with van der Waals surface area (Å²) in [6.07, 6.45) is 0. The van der Waals surface area contributed by atoms with Crippen LogP contribution in [0.5, 0.6) is 0 Å². The Morgan fingerprint density at radius 3 is 1.50 bits per heavy atom. The largest absolute Gasteiger partial charge is 0.478 e. The normalized spacial score (nSPS) is 8.62. The van der Waals surface area contributed by atoms with Gasteiger partial charge < -0.3 is 15.7 Å². The summed E-state index contributed by atoms with van der Waals surface area (Å²) in [5.74, 6) is -1.06. The van der Waals surface area contributed by atoms with E-state index in [1.54, 1.807) is 6.07 Å². The van der Waals surface area contributed by atoms with Crippen LogP contribution in [0.4, 0.5) is 22.7 Å². The molecule has 0 saturated heterocycles. The molecular weight excluding hydrogens is 428 g/mol. The maximum Gasteiger partial charge on any atom is 0.337 e. The molecule has 0 aromatic heterocycles. The van der Waals surface area contributed by atoms with E-state index in [4.69, 9.17) is 5.26 Å². The summed E-state index contributed by atoms with van der Waals surface area (Å²) in [7, 11) is 0. The Kier molecular flexibility index (Phi) is 20.8. The van der Waals surface area contributed by atoms with Gasteiger partial charge in [-0.25, -0.2) is 9.68 Å². The lowest BCUT2D eigenvalue weighted by molar-refractivity contribution is -0.252. The SMILES string of the molecule is CC.CC.CC.CC.O=C(O)c1cc(Nc2ccccc2)c(COO)cc1Nc1ccccc1. The van der Waals surface area contributed by atoms with Crippen molar-refractivity contribution < 1.29 is 20.0 Å². The van der Waals surface area contributed by atoms with Crippen LogP contribution in [0.2, 0.25) is 0 Å². The monoisotopic (exact) mass is 470 g/mol. The van der Waals surface area contributed by atoms with Crippen molar-refractivity contribution >= 4 is 28.7 Å². The molecule has 6 nitrogen and oxygen atoms in total. The average molecular weight is 471 g/mol. The van der Waals surface area contributed by atoms with Gasteiger partial charge in [-0.3, -0.25) is 5.26 Å². The van der Waals surface area contributed by atoms with E-state index in [1.807, 2.05) is 116 Å². The predicted molar refractivity (Wildman–Crippen MR) is 146 cm³/mol. The van der Waals surface area contributed by atoms with Gasteiger partial charge in [0.25, 0.3) is 0 Å². The minimum Gasteiger partial charge on any atom is -0.478 e. The minimum absolute atomic E-state index is 0.0848. The Bertz CT molecular complexity index is 886. The topological polar surface area (TPSA) is 90.8 Å². The van der Waals surface area contributed by atoms with Gasteiger partial charge in [0.15, 0.2) is 0 Å². The molecule has 0 fully saturated rings. The highest BCUT2D eigenvalue weighted by Crippen LogP contribution is 2.30. The maximum absolute atomic E-state index is 11.7. The van der Waals surface area contributed by atoms with Crippen LogP contribution in [0.1, 0.15) is 71.3 Å². The van der Waals surface area contributed by atoms with E-state index < -0.39 is 5.97 Å². The first-order valence-electron chi connectivity index (χ1n) is 12.0. The third-order valence-corrected chi connectivity index (χ3v) is 3.80. The molecule has 34 heavy (non-hydrogen) atoms. The standard InChI is InChI=1S/C20H18N2O4.4C2H6/c23-20(24)17-12-18(21-15-7-3-1-4-8-15)14(13-26-25)11-19(17)22-16-9-5-2-6-10-16;4*1-2/h1-12,21-22,25H,13H2,(H,23,24);4*1-2H3. The average Bonchev–Trinajstić information content (AvgIpc) is 2.91. The molecule has 3 aromatic rings. The molecule has 0 heterocycles. The molecular formula is C28H42N2O4. The first-order chi connectivity index (χ1) is 16.7. The quantitative estimate of drug-likeness (QED) is 0.203. The Hall–Kier alpha value is -3.35. The van der Waals surface area contributed by atoms with Crippen molar-refractivity contribution in [3.63, 3.8) is 0 Å². The van der Waals surface area contributed by atoms with Gasteiger partial charge in [-0.2, -0.15) is 0 Å². The zero-order valence-corrected chi connectivity index (χ0v) is 21.8. The summed E-state index contributed by atoms with van der Waals surface area (Å²) in [5, 5.41) is 24.8. The van der Waals surface area contributed by atoms with Gasteiger partial charge >= 0.3 is 5.97 Å². The predicted octanol–water partition coefficient (Wildman–Crippen LogP) is 8.97. The third kappa shape index (κ3) is 11.5. The molecule has 4 N–H and O–H groups in total. The summed E-state index contributed by atoms with van der Waals surface area (Å²) < 4.78 is 0. The van der Waals surface area contributed by atoms with Gasteiger partial charge in [0.1, 0.15) is 6.61 Å². The molecule has 0 unspecified atom stereocenters. The van der Waals surface area contributed by atoms with Crippen LogP contribution >= 0.6 is 0 Å². The molecule has 0 saturated carbocycles. The van der Waals surface area contributed by atoms with Crippen LogP contribution in [0.25, 0.3) is 0 Å². The first-order valence-corrected chi connectivity index (χ1v) is 12.0. The van der Waals surface area contributed by atoms with Gasteiger partial charge in [0.05, 0.1) is 11.3 Å². The fraction of sp³-hybridized carbons (Fsp3) is 0.321. The second-order valence-corrected chi connectivity index (χ2v) is 5.62. The van der Waals surface area contributed by atoms with Crippen LogP contribution in [-0.2, 0) is 11.5 Å². The Morgan fingerprint density at radius 1 is 0.706 bits per heavy atom. The van der Waals surface area contributed by atoms with Gasteiger partial charge in [0.2, 0.25) is 0 Å². The van der Waals surface area contributed by atoms with Crippen molar-refractivity contribution in [2.75, 3.05) is 10.6 Å². The first kappa shape index (κ1) is 32.8. The highest BCUT2D eigenvalue weighted by molar-refractivity contribution is 5.97. The van der Waals surface area contributed by atoms with Crippen molar-refractivity contribution in [2.24, 2.45) is 0 Å². The van der Waals surface area contributed by atoms with Crippen LogP contribution in [0, 0.1) is 0 Å². The third-order valence-electron chi connectivity index (χ3n) is 3.80. The Labute approximate surface area is 205 Å². The van der Waals surface area contributed by atoms with E-state index in [0.29, 0.717) is 16.9 Å². The second-order valence-electron chi connectivity index (χ2n) is 5.62.